The summed E-state index contributed by atoms with van der Waals surface area (Å²) in [6.07, 6.45) is 13.6. The molecule has 1 saturated heterocycles. The summed E-state index contributed by atoms with van der Waals surface area (Å²) in [7, 11) is 1.71. The number of hydrogen-bond donors (Lipinski definition) is 0. The van der Waals surface area contributed by atoms with Gasteiger partial charge in [-0.1, -0.05) is 19.9 Å². The van der Waals surface area contributed by atoms with Gasteiger partial charge in [0.05, 0.1) is 13.3 Å². The third-order valence-corrected chi connectivity index (χ3v) is 9.33. The molecule has 156 valence electrons. The summed E-state index contributed by atoms with van der Waals surface area (Å²) in [5, 5.41) is 0. The first-order chi connectivity index (χ1) is 13.9. The molecule has 3 fully saturated rings. The number of likely N-dealkylation sites (tertiary alicyclic amines) is 1. The Labute approximate surface area is 174 Å². The zero-order chi connectivity index (χ0) is 20.4. The standard InChI is InChI=1S/C25H34N2O2/c1-16(28)27-12-11-25(3)22-9-10-24(2)20(17-13-18(29-4)15-26-14-17)6-7-21(24)19(22)5-8-23(25)27/h6,13-15,19,21-23H,5,7-12H2,1-4H3/t19-,21-,22-,23?,24+,25+/m0/s1. The number of methoxy groups -OCH3 is 1. The Bertz CT molecular complexity index is 864. The first kappa shape index (κ1) is 19.1. The average molecular weight is 395 g/mol. The van der Waals surface area contributed by atoms with Crippen molar-refractivity contribution in [3.05, 3.63) is 30.1 Å². The molecular formula is C25H34N2O2. The zero-order valence-corrected chi connectivity index (χ0v) is 18.3. The third kappa shape index (κ3) is 2.63. The van der Waals surface area contributed by atoms with Gasteiger partial charge < -0.3 is 9.64 Å². The lowest BCUT2D eigenvalue weighted by Gasteiger charge is -2.57. The molecule has 0 radical (unpaired) electrons. The number of fused-ring (bicyclic) bond motifs is 5. The van der Waals surface area contributed by atoms with Crippen LogP contribution in [0.1, 0.15) is 64.9 Å². The largest absolute Gasteiger partial charge is 0.495 e. The second-order valence-electron chi connectivity index (χ2n) is 10.4. The molecule has 4 heteroatoms. The van der Waals surface area contributed by atoms with Crippen molar-refractivity contribution >= 4 is 11.5 Å². The van der Waals surface area contributed by atoms with Crippen molar-refractivity contribution in [3.63, 3.8) is 0 Å². The lowest BCUT2D eigenvalue weighted by molar-refractivity contribution is -0.134. The average Bonchev–Trinajstić information content (AvgIpc) is 3.25. The maximum Gasteiger partial charge on any atom is 0.219 e. The molecule has 1 aliphatic heterocycles. The molecular weight excluding hydrogens is 360 g/mol. The van der Waals surface area contributed by atoms with Gasteiger partial charge in [0.1, 0.15) is 5.75 Å². The predicted octanol–water partition coefficient (Wildman–Crippen LogP) is 4.95. The summed E-state index contributed by atoms with van der Waals surface area (Å²) in [5.41, 5.74) is 3.25. The minimum absolute atomic E-state index is 0.233. The number of hydrogen-bond acceptors (Lipinski definition) is 3. The summed E-state index contributed by atoms with van der Waals surface area (Å²) in [6.45, 7) is 7.71. The summed E-state index contributed by atoms with van der Waals surface area (Å²) in [6, 6.07) is 2.61. The van der Waals surface area contributed by atoms with Crippen molar-refractivity contribution in [3.8, 4) is 5.75 Å². The van der Waals surface area contributed by atoms with Crippen LogP contribution in [0.3, 0.4) is 0 Å². The van der Waals surface area contributed by atoms with E-state index in [9.17, 15) is 4.79 Å². The van der Waals surface area contributed by atoms with Crippen molar-refractivity contribution in [2.75, 3.05) is 13.7 Å². The monoisotopic (exact) mass is 394 g/mol. The first-order valence-electron chi connectivity index (χ1n) is 11.4. The maximum absolute atomic E-state index is 12.2. The Kier molecular flexibility index (Phi) is 4.34. The van der Waals surface area contributed by atoms with E-state index in [0.29, 0.717) is 17.4 Å². The highest BCUT2D eigenvalue weighted by Gasteiger charge is 2.60. The van der Waals surface area contributed by atoms with Crippen LogP contribution >= 0.6 is 0 Å². The molecule has 5 rings (SSSR count). The van der Waals surface area contributed by atoms with Gasteiger partial charge in [-0.2, -0.15) is 0 Å². The molecule has 0 N–H and O–H groups in total. The minimum Gasteiger partial charge on any atom is -0.495 e. The lowest BCUT2D eigenvalue weighted by atomic mass is 9.48. The van der Waals surface area contributed by atoms with Gasteiger partial charge in [0.2, 0.25) is 5.91 Å². The molecule has 6 atom stereocenters. The normalized spacial score (nSPS) is 40.7. The fourth-order valence-electron chi connectivity index (χ4n) is 7.89. The number of rotatable bonds is 2. The SMILES string of the molecule is COc1cncc(C2=CC[C@H]3[C@@H]4CCC5N(C(C)=O)CC[C@]5(C)[C@H]4CC[C@]23C)c1. The molecule has 1 aromatic rings. The summed E-state index contributed by atoms with van der Waals surface area (Å²) in [4.78, 5) is 18.8. The maximum atomic E-state index is 12.2. The number of carbonyl (C=O) groups excluding carboxylic acids is 1. The molecule has 0 aromatic carbocycles. The van der Waals surface area contributed by atoms with Gasteiger partial charge >= 0.3 is 0 Å². The molecule has 4 nitrogen and oxygen atoms in total. The predicted molar refractivity (Wildman–Crippen MR) is 114 cm³/mol. The summed E-state index contributed by atoms with van der Waals surface area (Å²) in [5.74, 6) is 3.35. The number of amides is 1. The molecule has 1 amide bonds. The molecule has 2 saturated carbocycles. The van der Waals surface area contributed by atoms with E-state index in [-0.39, 0.29) is 11.3 Å². The van der Waals surface area contributed by atoms with Gasteiger partial charge in [0.25, 0.3) is 0 Å². The van der Waals surface area contributed by atoms with Crippen LogP contribution in [0.4, 0.5) is 0 Å². The van der Waals surface area contributed by atoms with Gasteiger partial charge in [0.15, 0.2) is 0 Å². The Morgan fingerprint density at radius 3 is 2.76 bits per heavy atom. The van der Waals surface area contributed by atoms with Gasteiger partial charge in [0, 0.05) is 25.7 Å². The smallest absolute Gasteiger partial charge is 0.219 e. The van der Waals surface area contributed by atoms with Crippen LogP contribution in [0.15, 0.2) is 24.5 Å². The van der Waals surface area contributed by atoms with E-state index in [1.54, 1.807) is 20.2 Å². The Balaban J connectivity index is 1.43. The van der Waals surface area contributed by atoms with Crippen LogP contribution in [0.25, 0.3) is 5.57 Å². The van der Waals surface area contributed by atoms with Gasteiger partial charge in [-0.05, 0) is 84.3 Å². The minimum atomic E-state index is 0.233. The lowest BCUT2D eigenvalue weighted by Crippen LogP contribution is -2.54. The van der Waals surface area contributed by atoms with E-state index in [1.807, 2.05) is 6.20 Å². The molecule has 4 aliphatic rings. The van der Waals surface area contributed by atoms with Gasteiger partial charge in [-0.15, -0.1) is 0 Å². The number of allylic oxidation sites excluding steroid dienone is 2. The van der Waals surface area contributed by atoms with Crippen LogP contribution < -0.4 is 4.74 Å². The second-order valence-corrected chi connectivity index (χ2v) is 10.4. The number of nitrogens with zero attached hydrogens (tertiary/aromatic N) is 2. The number of aromatic nitrogens is 1. The van der Waals surface area contributed by atoms with E-state index in [2.05, 4.69) is 35.9 Å². The Hall–Kier alpha value is -1.84. The van der Waals surface area contributed by atoms with Crippen LogP contribution in [0.5, 0.6) is 5.75 Å². The van der Waals surface area contributed by atoms with E-state index in [4.69, 9.17) is 4.74 Å². The van der Waals surface area contributed by atoms with E-state index >= 15 is 0 Å². The van der Waals surface area contributed by atoms with Crippen LogP contribution in [-0.4, -0.2) is 35.5 Å². The molecule has 0 spiro atoms. The topological polar surface area (TPSA) is 42.4 Å². The second kappa shape index (κ2) is 6.58. The highest BCUT2D eigenvalue weighted by atomic mass is 16.5. The molecule has 29 heavy (non-hydrogen) atoms. The number of ether oxygens (including phenoxy) is 1. The highest BCUT2D eigenvalue weighted by Crippen LogP contribution is 2.66. The van der Waals surface area contributed by atoms with Crippen molar-refractivity contribution in [1.29, 1.82) is 0 Å². The van der Waals surface area contributed by atoms with E-state index in [1.165, 1.54) is 49.7 Å². The quantitative estimate of drug-likeness (QED) is 0.713. The zero-order valence-electron chi connectivity index (χ0n) is 18.3. The highest BCUT2D eigenvalue weighted by molar-refractivity contribution is 5.74. The molecule has 2 heterocycles. The van der Waals surface area contributed by atoms with E-state index < -0.39 is 0 Å². The van der Waals surface area contributed by atoms with Gasteiger partial charge in [-0.25, -0.2) is 0 Å². The molecule has 0 bridgehead atoms. The van der Waals surface area contributed by atoms with Crippen molar-refractivity contribution in [2.24, 2.45) is 28.6 Å². The van der Waals surface area contributed by atoms with Crippen LogP contribution in [-0.2, 0) is 4.79 Å². The molecule has 3 aliphatic carbocycles. The molecule has 1 aromatic heterocycles. The fourth-order valence-corrected chi connectivity index (χ4v) is 7.89. The van der Waals surface area contributed by atoms with Crippen molar-refractivity contribution in [1.82, 2.24) is 9.88 Å². The molecule has 1 unspecified atom stereocenters. The summed E-state index contributed by atoms with van der Waals surface area (Å²) >= 11 is 0. The third-order valence-electron chi connectivity index (χ3n) is 9.33. The Morgan fingerprint density at radius 2 is 2.00 bits per heavy atom. The van der Waals surface area contributed by atoms with Crippen LogP contribution in [0.2, 0.25) is 0 Å². The summed E-state index contributed by atoms with van der Waals surface area (Å²) < 4.78 is 5.44. The number of pyridine rings is 1. The fraction of sp³-hybridized carbons (Fsp3) is 0.680. The number of carbonyl (C=O) groups is 1. The Morgan fingerprint density at radius 1 is 1.17 bits per heavy atom. The van der Waals surface area contributed by atoms with Crippen LogP contribution in [0, 0.1) is 28.6 Å². The van der Waals surface area contributed by atoms with Gasteiger partial charge in [-0.3, -0.25) is 9.78 Å². The van der Waals surface area contributed by atoms with Crippen molar-refractivity contribution in [2.45, 2.75) is 65.3 Å². The van der Waals surface area contributed by atoms with E-state index in [0.717, 1.165) is 24.1 Å². The van der Waals surface area contributed by atoms with Crippen molar-refractivity contribution < 1.29 is 9.53 Å². The first-order valence-corrected chi connectivity index (χ1v) is 11.4.